The standard InChI is InChI=1S/C23H20N2O5/c24-23(28)18-11-5-7-13-20(18)29-15-22(27)30-14-21(26)25-19-12-6-4-10-17(19)16-8-2-1-3-9-16/h1-13H,14-15H2,(H2,24,28)(H,25,26). The number of carbonyl (C=O) groups excluding carboxylic acids is 3. The van der Waals surface area contributed by atoms with E-state index in [1.165, 1.54) is 12.1 Å². The van der Waals surface area contributed by atoms with Crippen LogP contribution in [0.2, 0.25) is 0 Å². The molecule has 0 radical (unpaired) electrons. The second kappa shape index (κ2) is 9.88. The third kappa shape index (κ3) is 5.45. The minimum atomic E-state index is -0.749. The van der Waals surface area contributed by atoms with Gasteiger partial charge in [-0.05, 0) is 23.8 Å². The molecule has 30 heavy (non-hydrogen) atoms. The normalized spacial score (nSPS) is 10.1. The number of amides is 2. The average molecular weight is 404 g/mol. The molecule has 3 N–H and O–H groups in total. The maximum atomic E-state index is 12.2. The summed E-state index contributed by atoms with van der Waals surface area (Å²) in [5.41, 5.74) is 7.82. The smallest absolute Gasteiger partial charge is 0.344 e. The number of carbonyl (C=O) groups is 3. The third-order valence-electron chi connectivity index (χ3n) is 4.15. The van der Waals surface area contributed by atoms with E-state index in [9.17, 15) is 14.4 Å². The Morgan fingerprint density at radius 1 is 0.800 bits per heavy atom. The highest BCUT2D eigenvalue weighted by atomic mass is 16.6. The molecule has 0 aliphatic rings. The zero-order valence-corrected chi connectivity index (χ0v) is 16.0. The predicted octanol–water partition coefficient (Wildman–Crippen LogP) is 3.01. The number of para-hydroxylation sites is 2. The van der Waals surface area contributed by atoms with Gasteiger partial charge in [-0.2, -0.15) is 0 Å². The van der Waals surface area contributed by atoms with Gasteiger partial charge in [0, 0.05) is 11.3 Å². The second-order valence-electron chi connectivity index (χ2n) is 6.27. The van der Waals surface area contributed by atoms with Crippen molar-refractivity contribution in [3.05, 3.63) is 84.4 Å². The van der Waals surface area contributed by atoms with E-state index in [0.29, 0.717) is 5.69 Å². The van der Waals surface area contributed by atoms with Gasteiger partial charge in [-0.15, -0.1) is 0 Å². The Labute approximate surface area is 173 Å². The fourth-order valence-corrected chi connectivity index (χ4v) is 2.77. The van der Waals surface area contributed by atoms with Crippen LogP contribution in [0.15, 0.2) is 78.9 Å². The van der Waals surface area contributed by atoms with Crippen LogP contribution >= 0.6 is 0 Å². The second-order valence-corrected chi connectivity index (χ2v) is 6.27. The summed E-state index contributed by atoms with van der Waals surface area (Å²) in [5.74, 6) is -1.73. The van der Waals surface area contributed by atoms with Gasteiger partial charge in [0.2, 0.25) is 0 Å². The lowest BCUT2D eigenvalue weighted by Gasteiger charge is -2.12. The van der Waals surface area contributed by atoms with Crippen LogP contribution in [-0.4, -0.2) is 31.0 Å². The Morgan fingerprint density at radius 2 is 1.47 bits per heavy atom. The van der Waals surface area contributed by atoms with Crippen LogP contribution in [0, 0.1) is 0 Å². The fourth-order valence-electron chi connectivity index (χ4n) is 2.77. The molecule has 0 heterocycles. The molecule has 3 rings (SSSR count). The van der Waals surface area contributed by atoms with Crippen LogP contribution in [-0.2, 0) is 14.3 Å². The Morgan fingerprint density at radius 3 is 2.23 bits per heavy atom. The van der Waals surface area contributed by atoms with E-state index in [0.717, 1.165) is 11.1 Å². The first kappa shape index (κ1) is 20.6. The Kier molecular flexibility index (Phi) is 6.78. The van der Waals surface area contributed by atoms with E-state index in [1.54, 1.807) is 24.3 Å². The lowest BCUT2D eigenvalue weighted by Crippen LogP contribution is -2.24. The number of benzene rings is 3. The van der Waals surface area contributed by atoms with Crippen LogP contribution in [0.3, 0.4) is 0 Å². The third-order valence-corrected chi connectivity index (χ3v) is 4.15. The first-order chi connectivity index (χ1) is 14.5. The zero-order chi connectivity index (χ0) is 21.3. The molecule has 7 nitrogen and oxygen atoms in total. The molecule has 0 aliphatic heterocycles. The molecule has 0 aromatic heterocycles. The van der Waals surface area contributed by atoms with Gasteiger partial charge < -0.3 is 20.5 Å². The van der Waals surface area contributed by atoms with E-state index in [-0.39, 0.29) is 11.3 Å². The number of anilines is 1. The molecular weight excluding hydrogens is 384 g/mol. The molecule has 0 fully saturated rings. The lowest BCUT2D eigenvalue weighted by atomic mass is 10.0. The molecule has 0 aliphatic carbocycles. The molecule has 3 aromatic carbocycles. The number of nitrogens with one attached hydrogen (secondary N) is 1. The molecular formula is C23H20N2O5. The summed E-state index contributed by atoms with van der Waals surface area (Å²) in [7, 11) is 0. The van der Waals surface area contributed by atoms with Crippen molar-refractivity contribution in [3.8, 4) is 16.9 Å². The van der Waals surface area contributed by atoms with Gasteiger partial charge in [0.05, 0.1) is 5.56 Å². The minimum absolute atomic E-state index is 0.153. The first-order valence-corrected chi connectivity index (χ1v) is 9.16. The van der Waals surface area contributed by atoms with Crippen LogP contribution in [0.25, 0.3) is 11.1 Å². The summed E-state index contributed by atoms with van der Waals surface area (Å²) in [5, 5.41) is 2.74. The largest absolute Gasteiger partial charge is 0.481 e. The minimum Gasteiger partial charge on any atom is -0.481 e. The molecule has 0 saturated heterocycles. The van der Waals surface area contributed by atoms with Gasteiger partial charge in [0.25, 0.3) is 11.8 Å². The average Bonchev–Trinajstić information content (AvgIpc) is 2.77. The van der Waals surface area contributed by atoms with E-state index in [1.807, 2.05) is 42.5 Å². The molecule has 152 valence electrons. The van der Waals surface area contributed by atoms with Crippen molar-refractivity contribution in [1.29, 1.82) is 0 Å². The number of primary amides is 1. The van der Waals surface area contributed by atoms with Crippen molar-refractivity contribution < 1.29 is 23.9 Å². The highest BCUT2D eigenvalue weighted by Gasteiger charge is 2.13. The van der Waals surface area contributed by atoms with E-state index in [2.05, 4.69) is 5.32 Å². The topological polar surface area (TPSA) is 108 Å². The van der Waals surface area contributed by atoms with Crippen molar-refractivity contribution >= 4 is 23.5 Å². The van der Waals surface area contributed by atoms with Gasteiger partial charge in [0.15, 0.2) is 13.2 Å². The van der Waals surface area contributed by atoms with Crippen molar-refractivity contribution in [2.75, 3.05) is 18.5 Å². The first-order valence-electron chi connectivity index (χ1n) is 9.16. The maximum Gasteiger partial charge on any atom is 0.344 e. The SMILES string of the molecule is NC(=O)c1ccccc1OCC(=O)OCC(=O)Nc1ccccc1-c1ccccc1. The van der Waals surface area contributed by atoms with E-state index >= 15 is 0 Å². The van der Waals surface area contributed by atoms with Crippen LogP contribution < -0.4 is 15.8 Å². The Hall–Kier alpha value is -4.13. The Balaban J connectivity index is 1.53. The van der Waals surface area contributed by atoms with Gasteiger partial charge in [-0.1, -0.05) is 60.7 Å². The van der Waals surface area contributed by atoms with Crippen molar-refractivity contribution in [1.82, 2.24) is 0 Å². The summed E-state index contributed by atoms with van der Waals surface area (Å²) >= 11 is 0. The number of ether oxygens (including phenoxy) is 2. The molecule has 0 spiro atoms. The lowest BCUT2D eigenvalue weighted by molar-refractivity contribution is -0.149. The maximum absolute atomic E-state index is 12.2. The molecule has 7 heteroatoms. The summed E-state index contributed by atoms with van der Waals surface area (Å²) in [6.07, 6.45) is 0. The van der Waals surface area contributed by atoms with Crippen molar-refractivity contribution in [3.63, 3.8) is 0 Å². The van der Waals surface area contributed by atoms with Crippen molar-refractivity contribution in [2.24, 2.45) is 5.73 Å². The van der Waals surface area contributed by atoms with Gasteiger partial charge in [-0.25, -0.2) is 4.79 Å². The summed E-state index contributed by atoms with van der Waals surface area (Å²) in [6.45, 7) is -0.930. The molecule has 0 bridgehead atoms. The van der Waals surface area contributed by atoms with Gasteiger partial charge in [-0.3, -0.25) is 9.59 Å². The zero-order valence-electron chi connectivity index (χ0n) is 16.0. The highest BCUT2D eigenvalue weighted by Crippen LogP contribution is 2.27. The summed E-state index contributed by atoms with van der Waals surface area (Å²) in [4.78, 5) is 35.5. The monoisotopic (exact) mass is 404 g/mol. The molecule has 0 unspecified atom stereocenters. The van der Waals surface area contributed by atoms with Crippen LogP contribution in [0.5, 0.6) is 5.75 Å². The number of rotatable bonds is 8. The Bertz CT molecular complexity index is 1050. The van der Waals surface area contributed by atoms with Gasteiger partial charge >= 0.3 is 5.97 Å². The molecule has 3 aromatic rings. The number of hydrogen-bond acceptors (Lipinski definition) is 5. The quantitative estimate of drug-likeness (QED) is 0.561. The van der Waals surface area contributed by atoms with E-state index < -0.39 is 31.0 Å². The van der Waals surface area contributed by atoms with Crippen LogP contribution in [0.1, 0.15) is 10.4 Å². The molecule has 0 saturated carbocycles. The molecule has 0 atom stereocenters. The summed E-state index contributed by atoms with van der Waals surface area (Å²) < 4.78 is 10.2. The number of hydrogen-bond donors (Lipinski definition) is 2. The predicted molar refractivity (Wildman–Crippen MR) is 112 cm³/mol. The van der Waals surface area contributed by atoms with E-state index in [4.69, 9.17) is 15.2 Å². The summed E-state index contributed by atoms with van der Waals surface area (Å²) in [6, 6.07) is 23.2. The molecule has 2 amide bonds. The number of nitrogens with two attached hydrogens (primary N) is 1. The number of esters is 1. The fraction of sp³-hybridized carbons (Fsp3) is 0.0870. The highest BCUT2D eigenvalue weighted by molar-refractivity contribution is 5.97. The van der Waals surface area contributed by atoms with Gasteiger partial charge in [0.1, 0.15) is 5.75 Å². The van der Waals surface area contributed by atoms with Crippen LogP contribution in [0.4, 0.5) is 5.69 Å². The van der Waals surface area contributed by atoms with Crippen molar-refractivity contribution in [2.45, 2.75) is 0 Å².